The Hall–Kier alpha value is 17.0. The fourth-order valence-electron chi connectivity index (χ4n) is 0. The van der Waals surface area contributed by atoms with Crippen molar-refractivity contribution in [3.05, 3.63) is 12.3 Å². The van der Waals surface area contributed by atoms with Gasteiger partial charge in [0.05, 0.1) is 0 Å². The van der Waals surface area contributed by atoms with Gasteiger partial charge in [0.1, 0.15) is 0 Å². The van der Waals surface area contributed by atoms with Crippen LogP contribution in [0.1, 0.15) is 2.85 Å². The summed E-state index contributed by atoms with van der Waals surface area (Å²) in [5.74, 6) is 0. The molecule has 0 aliphatic carbocycles. The van der Waals surface area contributed by atoms with E-state index in [0.29, 0.717) is 0 Å². The number of nitrogens with two attached hydrogens (primary N) is 2. The molecule has 0 amide bonds. The molecule has 0 bridgehead atoms. The van der Waals surface area contributed by atoms with Crippen LogP contribution in [0.15, 0.2) is 0 Å². The molecule has 0 spiro atoms. The van der Waals surface area contributed by atoms with Crippen LogP contribution in [-0.4, -0.2) is 126 Å². The molecule has 8 radical (unpaired) electrons. The van der Waals surface area contributed by atoms with Crippen LogP contribution >= 0.6 is 0 Å². The van der Waals surface area contributed by atoms with Gasteiger partial charge >= 0.3 is 126 Å². The van der Waals surface area contributed by atoms with Crippen LogP contribution in [0.4, 0.5) is 0 Å². The molecule has 100 valence electrons. The third-order valence-electron chi connectivity index (χ3n) is 0. The molecule has 0 aromatic carbocycles. The predicted octanol–water partition coefficient (Wildman–Crippen LogP) is 0.364. The Labute approximate surface area is 463 Å². The molecule has 0 fully saturated rings. The predicted molar refractivity (Wildman–Crippen MR) is 82.0 cm³/mol. The van der Waals surface area contributed by atoms with Gasteiger partial charge < -0.3 is 12.3 Å². The summed E-state index contributed by atoms with van der Waals surface area (Å²) < 4.78 is 0. The van der Waals surface area contributed by atoms with E-state index < -0.39 is 0 Å². The molecular formula is H8K4N2S6V2W2Y6-2. The van der Waals surface area contributed by atoms with E-state index in [2.05, 4.69) is 67.1 Å². The zero-order chi connectivity index (χ0) is 10.0. The fraction of sp³-hybridized carbons (Fsp3) is 0. The maximum absolute atomic E-state index is 3.67. The minimum absolute atomic E-state index is 0. The van der Waals surface area contributed by atoms with E-state index in [1.807, 2.05) is 0 Å². The molecule has 0 saturated heterocycles. The van der Waals surface area contributed by atoms with Crippen LogP contribution in [0.3, 0.4) is 0 Å². The summed E-state index contributed by atoms with van der Waals surface area (Å²) in [6, 6.07) is 0. The van der Waals surface area contributed by atoms with Gasteiger partial charge in [-0.2, -0.15) is 0 Å². The van der Waals surface area contributed by atoms with Crippen LogP contribution in [0.25, 0.3) is 12.3 Å². The molecule has 0 saturated carbocycles. The first-order valence-electron chi connectivity index (χ1n) is 2.50. The van der Waals surface area contributed by atoms with E-state index in [1.165, 1.54) is 126 Å². The van der Waals surface area contributed by atoms with Gasteiger partial charge in [-0.3, -0.25) is 0 Å². The molecule has 0 aromatic heterocycles. The zero-order valence-electron chi connectivity index (χ0n) is 12.8. The van der Waals surface area contributed by atoms with Crippen molar-refractivity contribution in [3.8, 4) is 0 Å². The first-order chi connectivity index (χ1) is 5.00. The van der Waals surface area contributed by atoms with Crippen LogP contribution in [0.5, 0.6) is 0 Å². The largest absolute Gasteiger partial charge is 0.693 e. The molecule has 0 heterocycles. The van der Waals surface area contributed by atoms with E-state index in [1.54, 1.807) is 0 Å². The van der Waals surface area contributed by atoms with Gasteiger partial charge in [0.25, 0.3) is 0 Å². The van der Waals surface area contributed by atoms with Crippen molar-refractivity contribution in [1.82, 2.24) is 0 Å². The summed E-state index contributed by atoms with van der Waals surface area (Å²) in [4.78, 5) is 0. The van der Waals surface area contributed by atoms with Crippen molar-refractivity contribution in [3.63, 3.8) is 0 Å². The number of hydrogen-bond acceptors (Lipinski definition) is 6. The number of rotatable bonds is 0. The molecule has 0 aromatic rings. The molecular weight excluding hydrogens is 1380 g/mol. The second-order valence-electron chi connectivity index (χ2n) is 0. The first kappa shape index (κ1) is 116. The molecule has 4 N–H and O–H groups in total. The maximum Gasteiger partial charge on any atom is 0 e. The summed E-state index contributed by atoms with van der Waals surface area (Å²) in [6.07, 6.45) is 0. The van der Waals surface area contributed by atoms with Crippen molar-refractivity contribution in [2.75, 3.05) is 0 Å². The van der Waals surface area contributed by atoms with Crippen LogP contribution < -0.4 is 0 Å². The average Bonchev–Trinajstić information content (AvgIpc) is 2.20. The first-order valence-corrected chi connectivity index (χ1v) is 38.5. The quantitative estimate of drug-likeness (QED) is 0.327. The second-order valence-corrected chi connectivity index (χ2v) is 0. The average molecular weight is 1390 g/mol. The normalized spacial score (nSPS) is 1.27. The van der Waals surface area contributed by atoms with E-state index in [4.69, 9.17) is 0 Å². The van der Waals surface area contributed by atoms with E-state index in [-0.39, 0.29) is 291 Å². The van der Waals surface area contributed by atoms with Crippen LogP contribution in [0, 0.1) is 0 Å². The minimum Gasteiger partial charge on any atom is -0.693 e. The van der Waals surface area contributed by atoms with Crippen LogP contribution in [-0.2, 0) is 343 Å². The van der Waals surface area contributed by atoms with Crippen molar-refractivity contribution in [1.29, 1.82) is 0 Å². The maximum atomic E-state index is 3.67. The topological polar surface area (TPSA) is 67.0 Å². The Morgan fingerprint density at radius 1 is 0.409 bits per heavy atom. The van der Waals surface area contributed by atoms with Gasteiger partial charge in [0.2, 0.25) is 0 Å². The summed E-state index contributed by atoms with van der Waals surface area (Å²) in [6.45, 7) is 0. The van der Waals surface area contributed by atoms with Crippen molar-refractivity contribution in [2.24, 2.45) is 0 Å². The summed E-state index contributed by atoms with van der Waals surface area (Å²) in [5, 5.41) is 0. The molecule has 22 heavy (non-hydrogen) atoms. The standard InChI is InChI=1S/4K.2H2N.3S2.2V.2W.6Y.2H2/c;;;;;;3*1-2;;;;;;;;;;;;/h;;;;2*1H2;;;;;;;;;;;;;;2*1H/q;;;;2*-1;;;;;;;;;;;;;;;. The Morgan fingerprint density at radius 2 is 0.409 bits per heavy atom. The Balaban J connectivity index is -0.000000000668. The number of hydrogen-bond donors (Lipinski definition) is 0. The summed E-state index contributed by atoms with van der Waals surface area (Å²) in [7, 11) is 0. The SMILES string of the molecule is S=S.S=S.S=S.[HH].[HH].[K][K].[K][K].[NH2-].[NH2-].[V].[V].[W].[W].[Y].[Y].[Y].[Y].[Y].[Y]. The molecule has 0 aliphatic rings. The van der Waals surface area contributed by atoms with E-state index in [0.717, 1.165) is 0 Å². The van der Waals surface area contributed by atoms with Crippen molar-refractivity contribution < 1.29 is 278 Å². The molecule has 0 aliphatic heterocycles. The van der Waals surface area contributed by atoms with Crippen molar-refractivity contribution >= 4 is 193 Å². The monoisotopic (exact) mass is 1390 g/mol. The van der Waals surface area contributed by atoms with Gasteiger partial charge in [-0.05, 0) is 0 Å². The Morgan fingerprint density at radius 3 is 0.409 bits per heavy atom. The summed E-state index contributed by atoms with van der Waals surface area (Å²) in [5.41, 5.74) is 0. The van der Waals surface area contributed by atoms with Gasteiger partial charge in [-0.15, -0.1) is 0 Å². The molecule has 0 unspecified atom stereocenters. The fourth-order valence-corrected chi connectivity index (χ4v) is 0. The Bertz CT molecular complexity index is 67.8. The summed E-state index contributed by atoms with van der Waals surface area (Å²) >= 11 is 27.0. The Kier molecular flexibility index (Phi) is 954. The van der Waals surface area contributed by atoms with Crippen LogP contribution in [0.2, 0.25) is 0 Å². The molecule has 22 heteroatoms. The van der Waals surface area contributed by atoms with E-state index in [9.17, 15) is 0 Å². The van der Waals surface area contributed by atoms with Gasteiger partial charge in [-0.25, -0.2) is 0 Å². The minimum atomic E-state index is 0. The second kappa shape index (κ2) is 180. The van der Waals surface area contributed by atoms with Gasteiger partial charge in [0, 0.05) is 345 Å². The van der Waals surface area contributed by atoms with Gasteiger partial charge in [-0.1, -0.05) is 0 Å². The third-order valence-corrected chi connectivity index (χ3v) is 0. The van der Waals surface area contributed by atoms with E-state index >= 15 is 0 Å². The molecule has 2 nitrogen and oxygen atoms in total. The van der Waals surface area contributed by atoms with Crippen molar-refractivity contribution in [2.45, 2.75) is 0 Å². The smallest absolute Gasteiger partial charge is 0 e. The zero-order valence-corrected chi connectivity index (χ0v) is 55.9. The molecule has 0 rings (SSSR count). The third kappa shape index (κ3) is 166. The molecule has 0 atom stereocenters. The van der Waals surface area contributed by atoms with Gasteiger partial charge in [0.15, 0.2) is 0 Å².